The van der Waals surface area contributed by atoms with Crippen LogP contribution in [0.15, 0.2) is 42.5 Å². The lowest BCUT2D eigenvalue weighted by Crippen LogP contribution is -2.12. The van der Waals surface area contributed by atoms with E-state index in [2.05, 4.69) is 30.1 Å². The van der Waals surface area contributed by atoms with Gasteiger partial charge in [-0.25, -0.2) is 4.98 Å². The lowest BCUT2D eigenvalue weighted by atomic mass is 10.1. The molecule has 1 heterocycles. The fourth-order valence-corrected chi connectivity index (χ4v) is 3.14. The van der Waals surface area contributed by atoms with Crippen molar-refractivity contribution in [3.8, 4) is 5.75 Å². The number of aromatic hydroxyl groups is 1. The summed E-state index contributed by atoms with van der Waals surface area (Å²) < 4.78 is 1.17. The van der Waals surface area contributed by atoms with Gasteiger partial charge in [0.05, 0.1) is 16.3 Å². The van der Waals surface area contributed by atoms with E-state index >= 15 is 0 Å². The maximum absolute atomic E-state index is 9.29. The van der Waals surface area contributed by atoms with Crippen LogP contribution in [-0.2, 0) is 6.42 Å². The van der Waals surface area contributed by atoms with E-state index in [9.17, 15) is 5.11 Å². The molecule has 1 unspecified atom stereocenters. The summed E-state index contributed by atoms with van der Waals surface area (Å²) >= 11 is 1.65. The molecule has 3 nitrogen and oxygen atoms in total. The Morgan fingerprint density at radius 1 is 1.20 bits per heavy atom. The fourth-order valence-electron chi connectivity index (χ4n) is 2.19. The van der Waals surface area contributed by atoms with E-state index in [1.807, 2.05) is 12.1 Å². The van der Waals surface area contributed by atoms with Crippen molar-refractivity contribution < 1.29 is 5.11 Å². The van der Waals surface area contributed by atoms with Gasteiger partial charge in [0.25, 0.3) is 0 Å². The van der Waals surface area contributed by atoms with Crippen molar-refractivity contribution in [2.45, 2.75) is 19.4 Å². The highest BCUT2D eigenvalue weighted by Crippen LogP contribution is 2.28. The van der Waals surface area contributed by atoms with Gasteiger partial charge in [-0.3, -0.25) is 0 Å². The summed E-state index contributed by atoms with van der Waals surface area (Å²) in [5, 5.41) is 10.2. The predicted molar refractivity (Wildman–Crippen MR) is 83.1 cm³/mol. The quantitative estimate of drug-likeness (QED) is 0.773. The van der Waals surface area contributed by atoms with Gasteiger partial charge in [-0.2, -0.15) is 0 Å². The number of phenolic OH excluding ortho intramolecular Hbond substituents is 1. The van der Waals surface area contributed by atoms with Gasteiger partial charge in [0.2, 0.25) is 0 Å². The van der Waals surface area contributed by atoms with Crippen molar-refractivity contribution in [3.63, 3.8) is 0 Å². The largest absolute Gasteiger partial charge is 0.508 e. The molecule has 0 spiro atoms. The molecule has 4 heteroatoms. The molecular formula is C16H16N2OS. The average Bonchev–Trinajstić information content (AvgIpc) is 2.84. The van der Waals surface area contributed by atoms with Crippen molar-refractivity contribution in [1.82, 2.24) is 4.98 Å². The topological polar surface area (TPSA) is 59.1 Å². The summed E-state index contributed by atoms with van der Waals surface area (Å²) in [6.07, 6.45) is 0.721. The van der Waals surface area contributed by atoms with Crippen molar-refractivity contribution in [2.75, 3.05) is 0 Å². The van der Waals surface area contributed by atoms with Crippen LogP contribution in [0.5, 0.6) is 5.75 Å². The monoisotopic (exact) mass is 284 g/mol. The first-order chi connectivity index (χ1) is 9.61. The van der Waals surface area contributed by atoms with Crippen molar-refractivity contribution in [3.05, 3.63) is 58.6 Å². The van der Waals surface area contributed by atoms with E-state index in [1.165, 1.54) is 10.3 Å². The number of aromatic nitrogens is 1. The number of hydrogen-bond acceptors (Lipinski definition) is 4. The number of thiazole rings is 1. The SMILES string of the molecule is Cc1ccc2sc(C(N)Cc3ccc(O)cc3)nc2c1. The van der Waals surface area contributed by atoms with Crippen LogP contribution in [0, 0.1) is 6.92 Å². The maximum atomic E-state index is 9.29. The highest BCUT2D eigenvalue weighted by atomic mass is 32.1. The van der Waals surface area contributed by atoms with E-state index < -0.39 is 0 Å². The Morgan fingerprint density at radius 2 is 1.95 bits per heavy atom. The van der Waals surface area contributed by atoms with E-state index in [4.69, 9.17) is 5.73 Å². The minimum Gasteiger partial charge on any atom is -0.508 e. The molecule has 0 radical (unpaired) electrons. The first-order valence-corrected chi connectivity index (χ1v) is 7.34. The second kappa shape index (κ2) is 5.23. The summed E-state index contributed by atoms with van der Waals surface area (Å²) in [6.45, 7) is 2.06. The molecule has 20 heavy (non-hydrogen) atoms. The molecule has 3 N–H and O–H groups in total. The van der Waals surface area contributed by atoms with Gasteiger partial charge in [-0.05, 0) is 48.7 Å². The van der Waals surface area contributed by atoms with Crippen molar-refractivity contribution in [2.24, 2.45) is 5.73 Å². The van der Waals surface area contributed by atoms with Crippen LogP contribution in [-0.4, -0.2) is 10.1 Å². The van der Waals surface area contributed by atoms with E-state index in [0.717, 1.165) is 22.5 Å². The summed E-state index contributed by atoms with van der Waals surface area (Å²) in [7, 11) is 0. The van der Waals surface area contributed by atoms with Crippen LogP contribution >= 0.6 is 11.3 Å². The Labute approximate surface area is 121 Å². The van der Waals surface area contributed by atoms with Crippen LogP contribution in [0.3, 0.4) is 0 Å². The minimum atomic E-state index is -0.114. The Bertz CT molecular complexity index is 734. The number of benzene rings is 2. The molecule has 0 aliphatic carbocycles. The normalized spacial score (nSPS) is 12.7. The zero-order valence-electron chi connectivity index (χ0n) is 11.2. The number of nitrogens with two attached hydrogens (primary N) is 1. The third-order valence-electron chi connectivity index (χ3n) is 3.27. The molecule has 0 aliphatic heterocycles. The number of rotatable bonds is 3. The van der Waals surface area contributed by atoms with E-state index in [0.29, 0.717) is 0 Å². The first kappa shape index (κ1) is 13.1. The van der Waals surface area contributed by atoms with E-state index in [1.54, 1.807) is 23.5 Å². The lowest BCUT2D eigenvalue weighted by molar-refractivity contribution is 0.475. The predicted octanol–water partition coefficient (Wildman–Crippen LogP) is 3.55. The van der Waals surface area contributed by atoms with Crippen molar-refractivity contribution in [1.29, 1.82) is 0 Å². The van der Waals surface area contributed by atoms with Crippen molar-refractivity contribution >= 4 is 21.6 Å². The summed E-state index contributed by atoms with van der Waals surface area (Å²) in [4.78, 5) is 4.63. The van der Waals surface area contributed by atoms with Gasteiger partial charge in [0.15, 0.2) is 0 Å². The number of nitrogens with zero attached hydrogens (tertiary/aromatic N) is 1. The van der Waals surface area contributed by atoms with Crippen LogP contribution in [0.25, 0.3) is 10.2 Å². The zero-order chi connectivity index (χ0) is 14.1. The molecule has 1 aromatic heterocycles. The molecule has 0 aliphatic rings. The lowest BCUT2D eigenvalue weighted by Gasteiger charge is -2.08. The third kappa shape index (κ3) is 2.66. The third-order valence-corrected chi connectivity index (χ3v) is 4.44. The molecule has 2 aromatic carbocycles. The summed E-state index contributed by atoms with van der Waals surface area (Å²) in [5.74, 6) is 0.276. The Balaban J connectivity index is 1.84. The number of aryl methyl sites for hydroxylation is 1. The van der Waals surface area contributed by atoms with Gasteiger partial charge in [-0.15, -0.1) is 11.3 Å². The molecule has 0 amide bonds. The van der Waals surface area contributed by atoms with Crippen LogP contribution in [0.1, 0.15) is 22.2 Å². The minimum absolute atomic E-state index is 0.114. The molecule has 0 saturated heterocycles. The van der Waals surface area contributed by atoms with Crippen LogP contribution in [0.2, 0.25) is 0 Å². The number of phenols is 1. The molecule has 3 rings (SSSR count). The molecule has 1 atom stereocenters. The zero-order valence-corrected chi connectivity index (χ0v) is 12.0. The molecular weight excluding hydrogens is 268 g/mol. The van der Waals surface area contributed by atoms with Crippen LogP contribution < -0.4 is 5.73 Å². The highest BCUT2D eigenvalue weighted by molar-refractivity contribution is 7.18. The Morgan fingerprint density at radius 3 is 2.70 bits per heavy atom. The Kier molecular flexibility index (Phi) is 3.42. The van der Waals surface area contributed by atoms with Gasteiger partial charge in [-0.1, -0.05) is 18.2 Å². The van der Waals surface area contributed by atoms with Gasteiger partial charge in [0.1, 0.15) is 10.8 Å². The standard InChI is InChI=1S/C16H16N2OS/c1-10-2-7-15-14(8-10)18-16(20-15)13(17)9-11-3-5-12(19)6-4-11/h2-8,13,19H,9,17H2,1H3. The summed E-state index contributed by atoms with van der Waals surface area (Å²) in [5.41, 5.74) is 9.58. The molecule has 3 aromatic rings. The fraction of sp³-hybridized carbons (Fsp3) is 0.188. The van der Waals surface area contributed by atoms with Crippen LogP contribution in [0.4, 0.5) is 0 Å². The van der Waals surface area contributed by atoms with Gasteiger partial charge >= 0.3 is 0 Å². The molecule has 0 saturated carbocycles. The first-order valence-electron chi connectivity index (χ1n) is 6.52. The summed E-state index contributed by atoms with van der Waals surface area (Å²) in [6, 6.07) is 13.3. The number of hydrogen-bond donors (Lipinski definition) is 2. The average molecular weight is 284 g/mol. The Hall–Kier alpha value is -1.91. The number of fused-ring (bicyclic) bond motifs is 1. The van der Waals surface area contributed by atoms with E-state index in [-0.39, 0.29) is 11.8 Å². The second-order valence-corrected chi connectivity index (χ2v) is 6.06. The maximum Gasteiger partial charge on any atom is 0.115 e. The second-order valence-electron chi connectivity index (χ2n) is 5.00. The van der Waals surface area contributed by atoms with Gasteiger partial charge < -0.3 is 10.8 Å². The molecule has 102 valence electrons. The van der Waals surface area contributed by atoms with Gasteiger partial charge in [0, 0.05) is 0 Å². The smallest absolute Gasteiger partial charge is 0.115 e. The molecule has 0 bridgehead atoms. The highest BCUT2D eigenvalue weighted by Gasteiger charge is 2.13. The molecule has 0 fully saturated rings.